The van der Waals surface area contributed by atoms with E-state index in [-0.39, 0.29) is 5.78 Å². The number of aromatic nitrogens is 3. The van der Waals surface area contributed by atoms with Crippen molar-refractivity contribution in [2.24, 2.45) is 0 Å². The zero-order valence-electron chi connectivity index (χ0n) is 8.70. The number of carbonyl (C=O) groups excluding carboxylic acids is 1. The summed E-state index contributed by atoms with van der Waals surface area (Å²) in [5, 5.41) is 9.94. The van der Waals surface area contributed by atoms with Crippen molar-refractivity contribution in [1.82, 2.24) is 15.4 Å². The topological polar surface area (TPSA) is 58.6 Å². The first-order valence-corrected chi connectivity index (χ1v) is 5.47. The summed E-state index contributed by atoms with van der Waals surface area (Å²) >= 11 is 0. The lowest BCUT2D eigenvalue weighted by atomic mass is 9.96. The number of hydrogen-bond donors (Lipinski definition) is 1. The summed E-state index contributed by atoms with van der Waals surface area (Å²) in [5.74, 6) is 0.0330. The van der Waals surface area contributed by atoms with E-state index in [9.17, 15) is 4.79 Å². The van der Waals surface area contributed by atoms with Gasteiger partial charge in [-0.1, -0.05) is 18.9 Å². The van der Waals surface area contributed by atoms with Crippen molar-refractivity contribution in [2.75, 3.05) is 0 Å². The van der Waals surface area contributed by atoms with Gasteiger partial charge in [0.1, 0.15) is 0 Å². The van der Waals surface area contributed by atoms with Crippen LogP contribution >= 0.6 is 0 Å². The smallest absolute Gasteiger partial charge is 0.210 e. The van der Waals surface area contributed by atoms with Gasteiger partial charge in [0.25, 0.3) is 0 Å². The van der Waals surface area contributed by atoms with Crippen LogP contribution < -0.4 is 0 Å². The van der Waals surface area contributed by atoms with Crippen molar-refractivity contribution >= 4 is 5.78 Å². The minimum absolute atomic E-state index is 0.0330. The van der Waals surface area contributed by atoms with Gasteiger partial charge < -0.3 is 0 Å². The molecule has 1 aromatic heterocycles. The van der Waals surface area contributed by atoms with E-state index in [0.717, 1.165) is 24.8 Å². The summed E-state index contributed by atoms with van der Waals surface area (Å²) in [7, 11) is 0. The van der Waals surface area contributed by atoms with Gasteiger partial charge in [-0.05, 0) is 31.3 Å². The number of nitrogens with zero attached hydrogens (tertiary/aromatic N) is 2. The molecule has 0 atom stereocenters. The summed E-state index contributed by atoms with van der Waals surface area (Å²) in [5.41, 5.74) is 1.34. The minimum Gasteiger partial charge on any atom is -0.287 e. The molecule has 1 heterocycles. The van der Waals surface area contributed by atoms with E-state index in [0.29, 0.717) is 5.69 Å². The number of allylic oxidation sites excluding steroid dienone is 2. The molecule has 1 aliphatic carbocycles. The van der Waals surface area contributed by atoms with E-state index < -0.39 is 0 Å². The number of nitrogens with one attached hydrogen (secondary N) is 1. The molecule has 0 amide bonds. The van der Waals surface area contributed by atoms with Gasteiger partial charge in [0.2, 0.25) is 5.78 Å². The molecule has 0 aliphatic heterocycles. The van der Waals surface area contributed by atoms with E-state index in [1.165, 1.54) is 25.5 Å². The average molecular weight is 205 g/mol. The van der Waals surface area contributed by atoms with Gasteiger partial charge in [0.05, 0.1) is 6.20 Å². The van der Waals surface area contributed by atoms with Crippen LogP contribution in [0.4, 0.5) is 0 Å². The highest BCUT2D eigenvalue weighted by atomic mass is 16.1. The van der Waals surface area contributed by atoms with Gasteiger partial charge in [-0.15, -0.1) is 0 Å². The van der Waals surface area contributed by atoms with Gasteiger partial charge in [-0.3, -0.25) is 4.79 Å². The first-order valence-electron chi connectivity index (χ1n) is 5.47. The van der Waals surface area contributed by atoms with E-state index in [4.69, 9.17) is 0 Å². The molecule has 0 saturated heterocycles. The molecule has 0 bridgehead atoms. The van der Waals surface area contributed by atoms with Gasteiger partial charge in [-0.25, -0.2) is 0 Å². The van der Waals surface area contributed by atoms with Crippen LogP contribution in [0.5, 0.6) is 0 Å². The van der Waals surface area contributed by atoms with Crippen LogP contribution in [0.15, 0.2) is 17.8 Å². The standard InChI is InChI=1S/C11H15N3O/c15-11(10-8-12-14-13-10)9-6-4-2-1-3-5-7-9/h6,8H,1-5,7H2,(H,12,13,14). The molecule has 0 saturated carbocycles. The molecule has 15 heavy (non-hydrogen) atoms. The summed E-state index contributed by atoms with van der Waals surface area (Å²) in [4.78, 5) is 11.9. The van der Waals surface area contributed by atoms with Crippen LogP contribution in [0.3, 0.4) is 0 Å². The lowest BCUT2D eigenvalue weighted by molar-refractivity contribution is 0.102. The molecular formula is C11H15N3O. The Morgan fingerprint density at radius 3 is 2.93 bits per heavy atom. The highest BCUT2D eigenvalue weighted by molar-refractivity contribution is 6.07. The Kier molecular flexibility index (Phi) is 3.27. The molecule has 1 N–H and O–H groups in total. The van der Waals surface area contributed by atoms with Crippen LogP contribution in [0, 0.1) is 0 Å². The van der Waals surface area contributed by atoms with Crippen LogP contribution in [0.25, 0.3) is 0 Å². The first-order chi connectivity index (χ1) is 7.38. The van der Waals surface area contributed by atoms with Crippen LogP contribution in [0.2, 0.25) is 0 Å². The quantitative estimate of drug-likeness (QED) is 0.753. The maximum absolute atomic E-state index is 11.9. The van der Waals surface area contributed by atoms with Crippen LogP contribution in [0.1, 0.15) is 49.0 Å². The van der Waals surface area contributed by atoms with E-state index in [1.807, 2.05) is 0 Å². The number of aromatic amines is 1. The van der Waals surface area contributed by atoms with Gasteiger partial charge in [0.15, 0.2) is 5.69 Å². The number of ketones is 1. The van der Waals surface area contributed by atoms with Crippen molar-refractivity contribution < 1.29 is 4.79 Å². The van der Waals surface area contributed by atoms with Crippen LogP contribution in [-0.4, -0.2) is 21.2 Å². The number of carbonyl (C=O) groups is 1. The second-order valence-electron chi connectivity index (χ2n) is 3.87. The Morgan fingerprint density at radius 1 is 1.27 bits per heavy atom. The predicted molar refractivity (Wildman–Crippen MR) is 56.5 cm³/mol. The Hall–Kier alpha value is -1.45. The Bertz CT molecular complexity index is 354. The third-order valence-electron chi connectivity index (χ3n) is 2.73. The molecule has 2 rings (SSSR count). The predicted octanol–water partition coefficient (Wildman–Crippen LogP) is 2.27. The fourth-order valence-electron chi connectivity index (χ4n) is 1.87. The Balaban J connectivity index is 2.11. The lowest BCUT2D eigenvalue weighted by Gasteiger charge is -2.08. The fraction of sp³-hybridized carbons (Fsp3) is 0.545. The summed E-state index contributed by atoms with van der Waals surface area (Å²) in [6.45, 7) is 0. The summed E-state index contributed by atoms with van der Waals surface area (Å²) < 4.78 is 0. The molecule has 0 fully saturated rings. The zero-order valence-corrected chi connectivity index (χ0v) is 8.70. The molecular weight excluding hydrogens is 190 g/mol. The van der Waals surface area contributed by atoms with Crippen molar-refractivity contribution in [3.63, 3.8) is 0 Å². The highest BCUT2D eigenvalue weighted by Crippen LogP contribution is 2.19. The van der Waals surface area contributed by atoms with Gasteiger partial charge in [0, 0.05) is 0 Å². The van der Waals surface area contributed by atoms with Crippen molar-refractivity contribution in [2.45, 2.75) is 38.5 Å². The van der Waals surface area contributed by atoms with Gasteiger partial charge in [-0.2, -0.15) is 15.4 Å². The number of H-pyrrole nitrogens is 1. The molecule has 0 radical (unpaired) electrons. The lowest BCUT2D eigenvalue weighted by Crippen LogP contribution is -2.05. The molecule has 0 spiro atoms. The second-order valence-corrected chi connectivity index (χ2v) is 3.87. The molecule has 1 aromatic rings. The third-order valence-corrected chi connectivity index (χ3v) is 2.73. The third kappa shape index (κ3) is 2.52. The van der Waals surface area contributed by atoms with Crippen molar-refractivity contribution in [1.29, 1.82) is 0 Å². The monoisotopic (exact) mass is 205 g/mol. The van der Waals surface area contributed by atoms with E-state index >= 15 is 0 Å². The number of hydrogen-bond acceptors (Lipinski definition) is 3. The Morgan fingerprint density at radius 2 is 2.13 bits per heavy atom. The molecule has 0 aromatic carbocycles. The van der Waals surface area contributed by atoms with E-state index in [2.05, 4.69) is 21.5 Å². The number of Topliss-reactive ketones (excluding diaryl/α,β-unsaturated/α-hetero) is 1. The molecule has 0 unspecified atom stereocenters. The summed E-state index contributed by atoms with van der Waals surface area (Å²) in [6.07, 6.45) is 10.2. The molecule has 80 valence electrons. The minimum atomic E-state index is 0.0330. The largest absolute Gasteiger partial charge is 0.287 e. The van der Waals surface area contributed by atoms with E-state index in [1.54, 1.807) is 0 Å². The van der Waals surface area contributed by atoms with Gasteiger partial charge >= 0.3 is 0 Å². The Labute approximate surface area is 88.8 Å². The second kappa shape index (κ2) is 4.87. The molecule has 4 heteroatoms. The molecule has 1 aliphatic rings. The fourth-order valence-corrected chi connectivity index (χ4v) is 1.87. The maximum Gasteiger partial charge on any atom is 0.210 e. The first kappa shape index (κ1) is 10.1. The van der Waals surface area contributed by atoms with Crippen molar-refractivity contribution in [3.8, 4) is 0 Å². The normalized spacial score (nSPS) is 17.7. The van der Waals surface area contributed by atoms with Crippen molar-refractivity contribution in [3.05, 3.63) is 23.5 Å². The average Bonchev–Trinajstić information content (AvgIpc) is 2.68. The van der Waals surface area contributed by atoms with Crippen LogP contribution in [-0.2, 0) is 0 Å². The highest BCUT2D eigenvalue weighted by Gasteiger charge is 2.15. The SMILES string of the molecule is O=C(C1=CCCCCCC1)c1cn[nH]n1. The zero-order chi connectivity index (χ0) is 10.5. The molecule has 4 nitrogen and oxygen atoms in total. The summed E-state index contributed by atoms with van der Waals surface area (Å²) in [6, 6.07) is 0. The maximum atomic E-state index is 11.9. The number of rotatable bonds is 2.